The molecule has 1 N–H and O–H groups in total. The minimum atomic E-state index is -0.866. The van der Waals surface area contributed by atoms with E-state index in [1.54, 1.807) is 20.0 Å². The Hall–Kier alpha value is -2.23. The van der Waals surface area contributed by atoms with Gasteiger partial charge in [-0.3, -0.25) is 4.79 Å². The van der Waals surface area contributed by atoms with Crippen LogP contribution in [0.5, 0.6) is 0 Å². The summed E-state index contributed by atoms with van der Waals surface area (Å²) in [5, 5.41) is 9.13. The van der Waals surface area contributed by atoms with Gasteiger partial charge in [0.2, 0.25) is 0 Å². The Kier molecular flexibility index (Phi) is 3.60. The third kappa shape index (κ3) is 3.16. The summed E-state index contributed by atoms with van der Waals surface area (Å²) in [5.41, 5.74) is 0.945. The van der Waals surface area contributed by atoms with Crippen molar-refractivity contribution in [2.45, 2.75) is 20.3 Å². The third-order valence-electron chi connectivity index (χ3n) is 2.95. The van der Waals surface area contributed by atoms with E-state index in [1.165, 1.54) is 0 Å². The number of carboxylic acid groups (broad SMARTS) is 1. The van der Waals surface area contributed by atoms with Crippen molar-refractivity contribution < 1.29 is 9.90 Å². The Balaban J connectivity index is 2.28. The standard InChI is InChI=1S/C15H16N2O2/c1-15(2,14(18)19)10-13-16-9-8-12(17-13)11-6-4-3-5-7-11/h3-9H,10H2,1-2H3,(H,18,19). The summed E-state index contributed by atoms with van der Waals surface area (Å²) < 4.78 is 0. The van der Waals surface area contributed by atoms with Crippen LogP contribution in [0, 0.1) is 5.41 Å². The van der Waals surface area contributed by atoms with Gasteiger partial charge in [0.15, 0.2) is 0 Å². The van der Waals surface area contributed by atoms with Crippen LogP contribution in [-0.2, 0) is 11.2 Å². The van der Waals surface area contributed by atoms with Gasteiger partial charge in [0.1, 0.15) is 5.82 Å². The van der Waals surface area contributed by atoms with Gasteiger partial charge in [0, 0.05) is 18.2 Å². The Labute approximate surface area is 112 Å². The van der Waals surface area contributed by atoms with Crippen LogP contribution < -0.4 is 0 Å². The highest BCUT2D eigenvalue weighted by atomic mass is 16.4. The van der Waals surface area contributed by atoms with Gasteiger partial charge in [-0.15, -0.1) is 0 Å². The number of hydrogen-bond donors (Lipinski definition) is 1. The lowest BCUT2D eigenvalue weighted by molar-refractivity contribution is -0.146. The van der Waals surface area contributed by atoms with E-state index in [-0.39, 0.29) is 0 Å². The molecule has 0 amide bonds. The predicted octanol–water partition coefficient (Wildman–Crippen LogP) is 2.80. The van der Waals surface area contributed by atoms with Gasteiger partial charge in [-0.2, -0.15) is 0 Å². The number of benzene rings is 1. The summed E-state index contributed by atoms with van der Waals surface area (Å²) in [7, 11) is 0. The number of aliphatic carboxylic acids is 1. The quantitative estimate of drug-likeness (QED) is 0.913. The normalized spacial score (nSPS) is 11.3. The molecule has 0 radical (unpaired) electrons. The predicted molar refractivity (Wildman–Crippen MR) is 72.6 cm³/mol. The number of hydrogen-bond acceptors (Lipinski definition) is 3. The molecule has 0 aliphatic rings. The fraction of sp³-hybridized carbons (Fsp3) is 0.267. The first kappa shape index (κ1) is 13.2. The third-order valence-corrected chi connectivity index (χ3v) is 2.95. The summed E-state index contributed by atoms with van der Waals surface area (Å²) in [6.07, 6.45) is 1.98. The first-order chi connectivity index (χ1) is 8.99. The van der Waals surface area contributed by atoms with Gasteiger partial charge in [-0.1, -0.05) is 30.3 Å². The molecule has 1 heterocycles. The zero-order valence-electron chi connectivity index (χ0n) is 11.0. The Morgan fingerprint density at radius 3 is 2.53 bits per heavy atom. The first-order valence-corrected chi connectivity index (χ1v) is 6.10. The number of carbonyl (C=O) groups is 1. The van der Waals surface area contributed by atoms with E-state index in [9.17, 15) is 4.79 Å². The van der Waals surface area contributed by atoms with E-state index in [0.29, 0.717) is 12.2 Å². The van der Waals surface area contributed by atoms with Gasteiger partial charge in [-0.25, -0.2) is 9.97 Å². The van der Waals surface area contributed by atoms with Crippen molar-refractivity contribution in [3.8, 4) is 11.3 Å². The molecule has 2 aromatic rings. The fourth-order valence-corrected chi connectivity index (χ4v) is 1.72. The zero-order valence-corrected chi connectivity index (χ0v) is 11.0. The maximum Gasteiger partial charge on any atom is 0.309 e. The Morgan fingerprint density at radius 1 is 1.21 bits per heavy atom. The van der Waals surface area contributed by atoms with Gasteiger partial charge < -0.3 is 5.11 Å². The van der Waals surface area contributed by atoms with Crippen LogP contribution in [0.1, 0.15) is 19.7 Å². The summed E-state index contributed by atoms with van der Waals surface area (Å²) in [6, 6.07) is 11.6. The lowest BCUT2D eigenvalue weighted by Gasteiger charge is -2.17. The summed E-state index contributed by atoms with van der Waals surface area (Å²) in [6.45, 7) is 3.35. The smallest absolute Gasteiger partial charge is 0.309 e. The Bertz CT molecular complexity index is 580. The van der Waals surface area contributed by atoms with Crippen molar-refractivity contribution in [3.05, 3.63) is 48.4 Å². The molecule has 0 unspecified atom stereocenters. The molecule has 1 aromatic heterocycles. The molecule has 4 nitrogen and oxygen atoms in total. The molecule has 0 atom stereocenters. The van der Waals surface area contributed by atoms with Crippen LogP contribution in [-0.4, -0.2) is 21.0 Å². The SMILES string of the molecule is CC(C)(Cc1nccc(-c2ccccc2)n1)C(=O)O. The molecule has 1 aromatic carbocycles. The van der Waals surface area contributed by atoms with E-state index < -0.39 is 11.4 Å². The minimum absolute atomic E-state index is 0.309. The number of nitrogens with zero attached hydrogens (tertiary/aromatic N) is 2. The molecule has 19 heavy (non-hydrogen) atoms. The topological polar surface area (TPSA) is 63.1 Å². The molecule has 0 spiro atoms. The second kappa shape index (κ2) is 5.18. The maximum atomic E-state index is 11.1. The number of rotatable bonds is 4. The highest BCUT2D eigenvalue weighted by molar-refractivity contribution is 5.73. The molecule has 4 heteroatoms. The molecule has 0 saturated heterocycles. The lowest BCUT2D eigenvalue weighted by Crippen LogP contribution is -2.27. The molecular weight excluding hydrogens is 240 g/mol. The minimum Gasteiger partial charge on any atom is -0.481 e. The van der Waals surface area contributed by atoms with Gasteiger partial charge in [0.05, 0.1) is 11.1 Å². The summed E-state index contributed by atoms with van der Waals surface area (Å²) in [5.74, 6) is -0.296. The van der Waals surface area contributed by atoms with Gasteiger partial charge in [0.25, 0.3) is 0 Å². The zero-order chi connectivity index (χ0) is 13.9. The van der Waals surface area contributed by atoms with Crippen molar-refractivity contribution in [3.63, 3.8) is 0 Å². The molecule has 0 aliphatic carbocycles. The van der Waals surface area contributed by atoms with Crippen LogP contribution in [0.25, 0.3) is 11.3 Å². The molecule has 2 rings (SSSR count). The average molecular weight is 256 g/mol. The molecular formula is C15H16N2O2. The molecule has 0 saturated carbocycles. The molecule has 0 aliphatic heterocycles. The van der Waals surface area contributed by atoms with Crippen molar-refractivity contribution >= 4 is 5.97 Å². The molecule has 0 fully saturated rings. The molecule has 98 valence electrons. The maximum absolute atomic E-state index is 11.1. The molecule has 0 bridgehead atoms. The Morgan fingerprint density at radius 2 is 1.89 bits per heavy atom. The van der Waals surface area contributed by atoms with E-state index in [4.69, 9.17) is 5.11 Å². The highest BCUT2D eigenvalue weighted by Gasteiger charge is 2.28. The monoisotopic (exact) mass is 256 g/mol. The van der Waals surface area contributed by atoms with Gasteiger partial charge >= 0.3 is 5.97 Å². The number of carboxylic acids is 1. The first-order valence-electron chi connectivity index (χ1n) is 6.10. The van der Waals surface area contributed by atoms with Crippen molar-refractivity contribution in [1.82, 2.24) is 9.97 Å². The second-order valence-corrected chi connectivity index (χ2v) is 5.09. The number of aromatic nitrogens is 2. The summed E-state index contributed by atoms with van der Waals surface area (Å²) in [4.78, 5) is 19.7. The van der Waals surface area contributed by atoms with Crippen LogP contribution in [0.2, 0.25) is 0 Å². The average Bonchev–Trinajstić information content (AvgIpc) is 2.39. The van der Waals surface area contributed by atoms with Gasteiger partial charge in [-0.05, 0) is 19.9 Å². The van der Waals surface area contributed by atoms with E-state index >= 15 is 0 Å². The van der Waals surface area contributed by atoms with E-state index in [2.05, 4.69) is 9.97 Å². The lowest BCUT2D eigenvalue weighted by atomic mass is 9.89. The fourth-order valence-electron chi connectivity index (χ4n) is 1.72. The van der Waals surface area contributed by atoms with Crippen LogP contribution in [0.3, 0.4) is 0 Å². The van der Waals surface area contributed by atoms with Crippen LogP contribution in [0.15, 0.2) is 42.6 Å². The largest absolute Gasteiger partial charge is 0.481 e. The second-order valence-electron chi connectivity index (χ2n) is 5.09. The van der Waals surface area contributed by atoms with Crippen LogP contribution in [0.4, 0.5) is 0 Å². The van der Waals surface area contributed by atoms with E-state index in [0.717, 1.165) is 11.3 Å². The summed E-state index contributed by atoms with van der Waals surface area (Å²) >= 11 is 0. The van der Waals surface area contributed by atoms with Crippen molar-refractivity contribution in [2.24, 2.45) is 5.41 Å². The highest BCUT2D eigenvalue weighted by Crippen LogP contribution is 2.22. The van der Waals surface area contributed by atoms with Crippen molar-refractivity contribution in [2.75, 3.05) is 0 Å². The van der Waals surface area contributed by atoms with Crippen LogP contribution >= 0.6 is 0 Å². The van der Waals surface area contributed by atoms with Crippen molar-refractivity contribution in [1.29, 1.82) is 0 Å². The van der Waals surface area contributed by atoms with E-state index in [1.807, 2.05) is 36.4 Å².